The Kier molecular flexibility index (Phi) is 5.58. The first-order valence-electron chi connectivity index (χ1n) is 5.44. The first kappa shape index (κ1) is 15.4. The van der Waals surface area contributed by atoms with Crippen LogP contribution in [0.2, 0.25) is 0 Å². The highest BCUT2D eigenvalue weighted by Gasteiger charge is 2.28. The third-order valence-corrected chi connectivity index (χ3v) is 4.66. The largest absolute Gasteiger partial charge is 0.379 e. The Balaban J connectivity index is 2.75. The second kappa shape index (κ2) is 6.51. The van der Waals surface area contributed by atoms with E-state index in [0.717, 1.165) is 0 Å². The zero-order valence-electron chi connectivity index (χ0n) is 10.6. The lowest BCUT2D eigenvalue weighted by Gasteiger charge is -2.16. The molecule has 0 saturated carbocycles. The van der Waals surface area contributed by atoms with E-state index in [1.807, 2.05) is 0 Å². The Morgan fingerprint density at radius 2 is 2.06 bits per heavy atom. The van der Waals surface area contributed by atoms with Crippen LogP contribution in [0.25, 0.3) is 0 Å². The number of nitrogens with zero attached hydrogens (tertiary/aromatic N) is 2. The van der Waals surface area contributed by atoms with Crippen molar-refractivity contribution < 1.29 is 17.7 Å². The molecular formula is C10H17ClN2O4S. The lowest BCUT2D eigenvalue weighted by molar-refractivity contribution is 0.140. The number of halogens is 1. The normalized spacial score (nSPS) is 12.3. The second-order valence-corrected chi connectivity index (χ2v) is 6.14. The highest BCUT2D eigenvalue weighted by Crippen LogP contribution is 2.21. The van der Waals surface area contributed by atoms with Crippen LogP contribution in [0.1, 0.15) is 11.5 Å². The fourth-order valence-electron chi connectivity index (χ4n) is 1.47. The minimum Gasteiger partial charge on any atom is -0.379 e. The maximum atomic E-state index is 12.2. The van der Waals surface area contributed by atoms with Gasteiger partial charge in [0.15, 0.2) is 5.76 Å². The third-order valence-electron chi connectivity index (χ3n) is 2.41. The standard InChI is InChI=1S/C10H17ClN2O4S/c1-8-10(9(2)17-12-8)18(14,15)13(3)5-7-16-6-4-11/h4-7H2,1-3H3. The zero-order chi connectivity index (χ0) is 13.8. The molecule has 1 aromatic rings. The van der Waals surface area contributed by atoms with Gasteiger partial charge in [-0.1, -0.05) is 5.16 Å². The molecule has 0 amide bonds. The maximum Gasteiger partial charge on any atom is 0.248 e. The Morgan fingerprint density at radius 1 is 1.39 bits per heavy atom. The molecule has 0 spiro atoms. The molecule has 104 valence electrons. The number of rotatable bonds is 7. The molecule has 1 heterocycles. The summed E-state index contributed by atoms with van der Waals surface area (Å²) in [6.45, 7) is 4.13. The summed E-state index contributed by atoms with van der Waals surface area (Å²) >= 11 is 5.45. The molecule has 6 nitrogen and oxygen atoms in total. The zero-order valence-corrected chi connectivity index (χ0v) is 12.2. The van der Waals surface area contributed by atoms with Gasteiger partial charge in [0.25, 0.3) is 0 Å². The van der Waals surface area contributed by atoms with E-state index in [1.165, 1.54) is 11.4 Å². The molecule has 0 aromatic carbocycles. The summed E-state index contributed by atoms with van der Waals surface area (Å²) in [6, 6.07) is 0. The first-order chi connectivity index (χ1) is 8.41. The van der Waals surface area contributed by atoms with Crippen LogP contribution in [0.4, 0.5) is 0 Å². The summed E-state index contributed by atoms with van der Waals surface area (Å²) in [4.78, 5) is 0.127. The van der Waals surface area contributed by atoms with Gasteiger partial charge >= 0.3 is 0 Å². The van der Waals surface area contributed by atoms with E-state index in [9.17, 15) is 8.42 Å². The van der Waals surface area contributed by atoms with Gasteiger partial charge in [-0.2, -0.15) is 4.31 Å². The number of hydrogen-bond acceptors (Lipinski definition) is 5. The molecule has 0 aliphatic rings. The molecule has 0 aliphatic heterocycles. The van der Waals surface area contributed by atoms with Crippen molar-refractivity contribution in [3.05, 3.63) is 11.5 Å². The van der Waals surface area contributed by atoms with Gasteiger partial charge in [0, 0.05) is 19.5 Å². The van der Waals surface area contributed by atoms with Crippen LogP contribution in [0.15, 0.2) is 9.42 Å². The van der Waals surface area contributed by atoms with Gasteiger partial charge in [-0.05, 0) is 13.8 Å². The van der Waals surface area contributed by atoms with E-state index < -0.39 is 10.0 Å². The molecule has 1 rings (SSSR count). The highest BCUT2D eigenvalue weighted by molar-refractivity contribution is 7.89. The van der Waals surface area contributed by atoms with Crippen LogP contribution in [0.5, 0.6) is 0 Å². The summed E-state index contributed by atoms with van der Waals surface area (Å²) in [7, 11) is -2.09. The van der Waals surface area contributed by atoms with Gasteiger partial charge < -0.3 is 9.26 Å². The number of aromatic nitrogens is 1. The average molecular weight is 297 g/mol. The average Bonchev–Trinajstić information content (AvgIpc) is 2.64. The fourth-order valence-corrected chi connectivity index (χ4v) is 3.02. The molecule has 0 radical (unpaired) electrons. The minimum absolute atomic E-state index is 0.127. The molecule has 0 atom stereocenters. The van der Waals surface area contributed by atoms with Crippen molar-refractivity contribution in [3.63, 3.8) is 0 Å². The SMILES string of the molecule is Cc1noc(C)c1S(=O)(=O)N(C)CCOCCCl. The summed E-state index contributed by atoms with van der Waals surface area (Å²) < 4.78 is 35.7. The topological polar surface area (TPSA) is 72.6 Å². The number of likely N-dealkylation sites (N-methyl/N-ethyl adjacent to an activating group) is 1. The quantitative estimate of drug-likeness (QED) is 0.558. The van der Waals surface area contributed by atoms with Crippen LogP contribution in [-0.4, -0.2) is 50.6 Å². The van der Waals surface area contributed by atoms with Gasteiger partial charge in [-0.25, -0.2) is 8.42 Å². The fraction of sp³-hybridized carbons (Fsp3) is 0.700. The molecule has 0 fully saturated rings. The molecule has 0 aliphatic carbocycles. The Morgan fingerprint density at radius 3 is 2.56 bits per heavy atom. The van der Waals surface area contributed by atoms with Crippen molar-refractivity contribution in [1.82, 2.24) is 9.46 Å². The van der Waals surface area contributed by atoms with Crippen molar-refractivity contribution in [3.8, 4) is 0 Å². The Hall–Kier alpha value is -0.630. The molecule has 0 unspecified atom stereocenters. The van der Waals surface area contributed by atoms with Crippen LogP contribution in [-0.2, 0) is 14.8 Å². The monoisotopic (exact) mass is 296 g/mol. The summed E-state index contributed by atoms with van der Waals surface area (Å²) in [5, 5.41) is 3.65. The minimum atomic E-state index is -3.58. The second-order valence-electron chi connectivity index (χ2n) is 3.78. The van der Waals surface area contributed by atoms with Crippen molar-refractivity contribution in [2.45, 2.75) is 18.7 Å². The molecule has 0 saturated heterocycles. The van der Waals surface area contributed by atoms with Crippen LogP contribution < -0.4 is 0 Å². The van der Waals surface area contributed by atoms with E-state index in [2.05, 4.69) is 5.16 Å². The van der Waals surface area contributed by atoms with Crippen LogP contribution in [0, 0.1) is 13.8 Å². The molecule has 0 N–H and O–H groups in total. The van der Waals surface area contributed by atoms with Gasteiger partial charge in [0.2, 0.25) is 10.0 Å². The highest BCUT2D eigenvalue weighted by atomic mass is 35.5. The van der Waals surface area contributed by atoms with E-state index in [1.54, 1.807) is 13.8 Å². The molecular weight excluding hydrogens is 280 g/mol. The molecule has 0 bridgehead atoms. The Bertz CT molecular complexity index is 467. The van der Waals surface area contributed by atoms with Crippen molar-refractivity contribution in [2.75, 3.05) is 32.7 Å². The first-order valence-corrected chi connectivity index (χ1v) is 7.41. The van der Waals surface area contributed by atoms with Gasteiger partial charge in [-0.15, -0.1) is 11.6 Å². The number of alkyl halides is 1. The number of ether oxygens (including phenoxy) is 1. The van der Waals surface area contributed by atoms with Crippen LogP contribution in [0.3, 0.4) is 0 Å². The predicted molar refractivity (Wildman–Crippen MR) is 67.3 cm³/mol. The lowest BCUT2D eigenvalue weighted by atomic mass is 10.4. The van der Waals surface area contributed by atoms with E-state index in [4.69, 9.17) is 20.9 Å². The van der Waals surface area contributed by atoms with Gasteiger partial charge in [0.1, 0.15) is 10.6 Å². The van der Waals surface area contributed by atoms with Gasteiger partial charge in [-0.3, -0.25) is 0 Å². The van der Waals surface area contributed by atoms with E-state index in [0.29, 0.717) is 30.5 Å². The van der Waals surface area contributed by atoms with Gasteiger partial charge in [0.05, 0.1) is 13.2 Å². The van der Waals surface area contributed by atoms with E-state index in [-0.39, 0.29) is 11.4 Å². The third kappa shape index (κ3) is 3.44. The Labute approximate surface area is 112 Å². The van der Waals surface area contributed by atoms with Crippen molar-refractivity contribution >= 4 is 21.6 Å². The molecule has 18 heavy (non-hydrogen) atoms. The number of hydrogen-bond donors (Lipinski definition) is 0. The predicted octanol–water partition coefficient (Wildman–Crippen LogP) is 1.17. The number of sulfonamides is 1. The smallest absolute Gasteiger partial charge is 0.248 e. The number of aryl methyl sites for hydroxylation is 2. The van der Waals surface area contributed by atoms with E-state index >= 15 is 0 Å². The lowest BCUT2D eigenvalue weighted by Crippen LogP contribution is -2.31. The molecule has 8 heteroatoms. The summed E-state index contributed by atoms with van der Waals surface area (Å²) in [5.74, 6) is 0.682. The summed E-state index contributed by atoms with van der Waals surface area (Å²) in [6.07, 6.45) is 0. The van der Waals surface area contributed by atoms with Crippen LogP contribution >= 0.6 is 11.6 Å². The van der Waals surface area contributed by atoms with Crippen molar-refractivity contribution in [2.24, 2.45) is 0 Å². The van der Waals surface area contributed by atoms with Crippen molar-refractivity contribution in [1.29, 1.82) is 0 Å². The summed E-state index contributed by atoms with van der Waals surface area (Å²) in [5.41, 5.74) is 0.362. The molecule has 1 aromatic heterocycles. The maximum absolute atomic E-state index is 12.2.